The number of halogens is 1. The van der Waals surface area contributed by atoms with E-state index in [9.17, 15) is 4.21 Å². The molecule has 0 aromatic heterocycles. The molecule has 2 rings (SSSR count). The van der Waals surface area contributed by atoms with Crippen LogP contribution in [0, 0.1) is 11.3 Å². The summed E-state index contributed by atoms with van der Waals surface area (Å²) in [7, 11) is -1.13. The average Bonchev–Trinajstić information content (AvgIpc) is 2.47. The van der Waals surface area contributed by atoms with Crippen molar-refractivity contribution in [3.05, 3.63) is 29.3 Å². The maximum atomic E-state index is 12.9. The van der Waals surface area contributed by atoms with Gasteiger partial charge in [-0.1, -0.05) is 50.9 Å². The van der Waals surface area contributed by atoms with Crippen molar-refractivity contribution in [2.45, 2.75) is 62.6 Å². The van der Waals surface area contributed by atoms with Crippen LogP contribution in [0.5, 0.6) is 0 Å². The Morgan fingerprint density at radius 2 is 2.00 bits per heavy atom. The quantitative estimate of drug-likeness (QED) is 0.891. The summed E-state index contributed by atoms with van der Waals surface area (Å²) in [6.45, 7) is 6.85. The number of hydrogen-bond acceptors (Lipinski definition) is 2. The fourth-order valence-corrected chi connectivity index (χ4v) is 5.19. The number of benzene rings is 1. The zero-order valence-electron chi connectivity index (χ0n) is 13.1. The smallest absolute Gasteiger partial charge is 0.0591 e. The lowest BCUT2D eigenvalue weighted by Crippen LogP contribution is -2.45. The van der Waals surface area contributed by atoms with Gasteiger partial charge in [-0.2, -0.15) is 0 Å². The van der Waals surface area contributed by atoms with Crippen LogP contribution in [0.3, 0.4) is 0 Å². The van der Waals surface area contributed by atoms with Crippen LogP contribution in [0.25, 0.3) is 0 Å². The van der Waals surface area contributed by atoms with E-state index in [1.54, 1.807) is 6.07 Å². The Morgan fingerprint density at radius 3 is 2.62 bits per heavy atom. The summed E-state index contributed by atoms with van der Waals surface area (Å²) in [5, 5.41) is 0.592. The van der Waals surface area contributed by atoms with Crippen molar-refractivity contribution in [1.29, 1.82) is 0 Å². The first-order valence-corrected chi connectivity index (χ1v) is 9.36. The van der Waals surface area contributed by atoms with Crippen LogP contribution in [0.2, 0.25) is 5.02 Å². The van der Waals surface area contributed by atoms with Crippen molar-refractivity contribution >= 4 is 22.4 Å². The van der Waals surface area contributed by atoms with Crippen LogP contribution in [0.4, 0.5) is 0 Å². The minimum Gasteiger partial charge on any atom is -0.327 e. The second kappa shape index (κ2) is 6.80. The Labute approximate surface area is 135 Å². The van der Waals surface area contributed by atoms with Crippen LogP contribution in [-0.2, 0) is 10.8 Å². The molecule has 21 heavy (non-hydrogen) atoms. The van der Waals surface area contributed by atoms with Gasteiger partial charge < -0.3 is 5.73 Å². The van der Waals surface area contributed by atoms with E-state index in [1.807, 2.05) is 18.2 Å². The highest BCUT2D eigenvalue weighted by atomic mass is 35.5. The van der Waals surface area contributed by atoms with Gasteiger partial charge >= 0.3 is 0 Å². The van der Waals surface area contributed by atoms with Gasteiger partial charge in [-0.3, -0.25) is 4.21 Å². The molecule has 1 aromatic carbocycles. The summed E-state index contributed by atoms with van der Waals surface area (Å²) in [6.07, 6.45) is 4.16. The minimum absolute atomic E-state index is 0.00557. The molecule has 4 heteroatoms. The predicted molar refractivity (Wildman–Crippen MR) is 91.0 cm³/mol. The third kappa shape index (κ3) is 3.69. The largest absolute Gasteiger partial charge is 0.327 e. The Morgan fingerprint density at radius 1 is 1.33 bits per heavy atom. The van der Waals surface area contributed by atoms with E-state index in [1.165, 1.54) is 0 Å². The molecule has 2 N–H and O–H groups in total. The highest BCUT2D eigenvalue weighted by Crippen LogP contribution is 2.42. The molecular weight excluding hydrogens is 302 g/mol. The lowest BCUT2D eigenvalue weighted by molar-refractivity contribution is 0.147. The molecule has 1 aliphatic carbocycles. The van der Waals surface area contributed by atoms with Crippen molar-refractivity contribution in [2.75, 3.05) is 0 Å². The van der Waals surface area contributed by atoms with Gasteiger partial charge in [-0.05, 0) is 42.7 Å². The van der Waals surface area contributed by atoms with Crippen LogP contribution < -0.4 is 5.73 Å². The van der Waals surface area contributed by atoms with Crippen molar-refractivity contribution in [3.8, 4) is 0 Å². The van der Waals surface area contributed by atoms with Gasteiger partial charge in [-0.15, -0.1) is 0 Å². The summed E-state index contributed by atoms with van der Waals surface area (Å²) < 4.78 is 12.9. The molecule has 118 valence electrons. The van der Waals surface area contributed by atoms with Gasteiger partial charge in [0.05, 0.1) is 26.0 Å². The second-order valence-corrected chi connectivity index (χ2v) is 8.83. The Kier molecular flexibility index (Phi) is 5.50. The van der Waals surface area contributed by atoms with E-state index in [0.717, 1.165) is 30.6 Å². The highest BCUT2D eigenvalue weighted by molar-refractivity contribution is 7.85. The predicted octanol–water partition coefficient (Wildman–Crippen LogP) is 4.38. The fourth-order valence-electron chi connectivity index (χ4n) is 3.17. The number of nitrogens with two attached hydrogens (primary N) is 1. The Balaban J connectivity index is 2.21. The first-order valence-electron chi connectivity index (χ1n) is 7.77. The zero-order valence-corrected chi connectivity index (χ0v) is 14.7. The first-order chi connectivity index (χ1) is 9.86. The lowest BCUT2D eigenvalue weighted by Gasteiger charge is -2.41. The highest BCUT2D eigenvalue weighted by Gasteiger charge is 2.39. The molecule has 0 radical (unpaired) electrons. The fraction of sp³-hybridized carbons (Fsp3) is 0.647. The Hall–Kier alpha value is -0.380. The maximum Gasteiger partial charge on any atom is 0.0591 e. The van der Waals surface area contributed by atoms with E-state index in [0.29, 0.717) is 10.9 Å². The molecule has 4 atom stereocenters. The first kappa shape index (κ1) is 17.0. The normalized spacial score (nSPS) is 28.3. The molecule has 2 nitrogen and oxygen atoms in total. The SMILES string of the molecule is CCC(C)(C)C1CCC(N)C(S(=O)c2ccccc2Cl)C1. The maximum absolute atomic E-state index is 12.9. The summed E-state index contributed by atoms with van der Waals surface area (Å²) in [6, 6.07) is 7.43. The third-order valence-corrected chi connectivity index (χ3v) is 7.51. The average molecular weight is 328 g/mol. The number of hydrogen-bond donors (Lipinski definition) is 1. The van der Waals surface area contributed by atoms with Gasteiger partial charge in [0.2, 0.25) is 0 Å². The second-order valence-electron chi connectivity index (χ2n) is 6.78. The standard InChI is InChI=1S/C17H26ClNOS/c1-4-17(2,3)12-9-10-14(19)16(11-12)21(20)15-8-6-5-7-13(15)18/h5-8,12,14,16H,4,9-11,19H2,1-3H3. The van der Waals surface area contributed by atoms with Gasteiger partial charge in [0.25, 0.3) is 0 Å². The molecule has 0 aliphatic heterocycles. The summed E-state index contributed by atoms with van der Waals surface area (Å²) >= 11 is 6.21. The molecule has 0 amide bonds. The molecule has 1 fully saturated rings. The van der Waals surface area contributed by atoms with Crippen LogP contribution in [0.1, 0.15) is 46.5 Å². The Bertz CT molecular complexity index is 517. The summed E-state index contributed by atoms with van der Waals surface area (Å²) in [5.41, 5.74) is 6.56. The van der Waals surface area contributed by atoms with E-state index in [4.69, 9.17) is 17.3 Å². The third-order valence-electron chi connectivity index (χ3n) is 5.19. The molecule has 4 unspecified atom stereocenters. The van der Waals surface area contributed by atoms with Gasteiger partial charge in [0, 0.05) is 6.04 Å². The van der Waals surface area contributed by atoms with Crippen molar-refractivity contribution in [2.24, 2.45) is 17.1 Å². The van der Waals surface area contributed by atoms with E-state index in [2.05, 4.69) is 20.8 Å². The van der Waals surface area contributed by atoms with Gasteiger partial charge in [0.1, 0.15) is 0 Å². The van der Waals surface area contributed by atoms with Crippen LogP contribution in [0.15, 0.2) is 29.2 Å². The number of rotatable bonds is 4. The monoisotopic (exact) mass is 327 g/mol. The summed E-state index contributed by atoms with van der Waals surface area (Å²) in [4.78, 5) is 0.731. The molecular formula is C17H26ClNOS. The molecule has 0 bridgehead atoms. The van der Waals surface area contributed by atoms with Gasteiger partial charge in [0.15, 0.2) is 0 Å². The molecule has 0 heterocycles. The van der Waals surface area contributed by atoms with Gasteiger partial charge in [-0.25, -0.2) is 0 Å². The molecule has 1 aromatic rings. The van der Waals surface area contributed by atoms with E-state index < -0.39 is 10.8 Å². The van der Waals surface area contributed by atoms with E-state index in [-0.39, 0.29) is 16.7 Å². The van der Waals surface area contributed by atoms with E-state index >= 15 is 0 Å². The molecule has 1 aliphatic rings. The van der Waals surface area contributed by atoms with Crippen LogP contribution in [-0.4, -0.2) is 15.5 Å². The topological polar surface area (TPSA) is 43.1 Å². The molecule has 1 saturated carbocycles. The summed E-state index contributed by atoms with van der Waals surface area (Å²) in [5.74, 6) is 0.582. The lowest BCUT2D eigenvalue weighted by atomic mass is 9.69. The molecule has 0 saturated heterocycles. The van der Waals surface area contributed by atoms with Crippen molar-refractivity contribution in [3.63, 3.8) is 0 Å². The molecule has 0 spiro atoms. The zero-order chi connectivity index (χ0) is 15.6. The minimum atomic E-state index is -1.13. The van der Waals surface area contributed by atoms with Crippen molar-refractivity contribution < 1.29 is 4.21 Å². The van der Waals surface area contributed by atoms with Crippen LogP contribution >= 0.6 is 11.6 Å². The van der Waals surface area contributed by atoms with Crippen molar-refractivity contribution in [1.82, 2.24) is 0 Å².